The second-order valence-corrected chi connectivity index (χ2v) is 10.1. The van der Waals surface area contributed by atoms with Gasteiger partial charge in [0.2, 0.25) is 0 Å². The Labute approximate surface area is 102 Å². The molecule has 1 rings (SSSR count). The van der Waals surface area contributed by atoms with Gasteiger partial charge >= 0.3 is 0 Å². The van der Waals surface area contributed by atoms with Gasteiger partial charge in [0.25, 0.3) is 0 Å². The van der Waals surface area contributed by atoms with Crippen LogP contribution in [0.1, 0.15) is 0 Å². The van der Waals surface area contributed by atoms with E-state index in [9.17, 15) is 0 Å². The van der Waals surface area contributed by atoms with E-state index in [0.29, 0.717) is 0 Å². The van der Waals surface area contributed by atoms with Gasteiger partial charge in [-0.1, -0.05) is 37.2 Å². The van der Waals surface area contributed by atoms with Crippen molar-refractivity contribution < 1.29 is 0 Å². The van der Waals surface area contributed by atoms with Crippen molar-refractivity contribution in [3.63, 3.8) is 0 Å². The Morgan fingerprint density at radius 1 is 1.27 bits per heavy atom. The van der Waals surface area contributed by atoms with Gasteiger partial charge in [0, 0.05) is 10.4 Å². The molecule has 0 N–H and O–H groups in total. The Morgan fingerprint density at radius 2 is 1.93 bits per heavy atom. The Morgan fingerprint density at radius 3 is 2.53 bits per heavy atom. The molecule has 0 aliphatic heterocycles. The van der Waals surface area contributed by atoms with Crippen LogP contribution in [-0.4, -0.2) is 19.3 Å². The van der Waals surface area contributed by atoms with E-state index < -0.39 is 8.07 Å². The van der Waals surface area contributed by atoms with Crippen molar-refractivity contribution in [1.29, 1.82) is 0 Å². The van der Waals surface area contributed by atoms with E-state index in [-0.39, 0.29) is 0 Å². The number of benzene rings is 1. The average molecular weight is 255 g/mol. The molecule has 0 bridgehead atoms. The molecule has 0 spiro atoms. The fourth-order valence-corrected chi connectivity index (χ4v) is 2.57. The highest BCUT2D eigenvalue weighted by atomic mass is 35.5. The first-order valence-electron chi connectivity index (χ1n) is 4.88. The standard InChI is InChI=1S/C12H15ClSSi/c1-15(2,11-13)10-6-9-14-12-7-4-3-5-8-12/h3-5,7-8H,9,11H2,1-2H3. The first-order chi connectivity index (χ1) is 7.14. The minimum absolute atomic E-state index is 0.718. The van der Waals surface area contributed by atoms with Gasteiger partial charge in [-0.15, -0.1) is 28.9 Å². The van der Waals surface area contributed by atoms with Crippen LogP contribution in [0.25, 0.3) is 0 Å². The van der Waals surface area contributed by atoms with Gasteiger partial charge in [0.1, 0.15) is 8.07 Å². The van der Waals surface area contributed by atoms with E-state index in [1.54, 1.807) is 11.8 Å². The van der Waals surface area contributed by atoms with Gasteiger partial charge in [0.15, 0.2) is 0 Å². The quantitative estimate of drug-likeness (QED) is 0.342. The van der Waals surface area contributed by atoms with Crippen LogP contribution in [0.5, 0.6) is 0 Å². The van der Waals surface area contributed by atoms with E-state index in [4.69, 9.17) is 11.6 Å². The second kappa shape index (κ2) is 6.27. The monoisotopic (exact) mass is 254 g/mol. The largest absolute Gasteiger partial charge is 0.146 e. The summed E-state index contributed by atoms with van der Waals surface area (Å²) in [7, 11) is -1.42. The SMILES string of the molecule is C[Si](C)(C#CCSc1ccccc1)CCl. The van der Waals surface area contributed by atoms with Crippen LogP contribution in [-0.2, 0) is 0 Å². The molecule has 0 aromatic heterocycles. The van der Waals surface area contributed by atoms with Crippen LogP contribution < -0.4 is 0 Å². The van der Waals surface area contributed by atoms with Gasteiger partial charge < -0.3 is 0 Å². The maximum atomic E-state index is 5.84. The van der Waals surface area contributed by atoms with Crippen LogP contribution in [0, 0.1) is 11.5 Å². The van der Waals surface area contributed by atoms with Crippen molar-refractivity contribution in [1.82, 2.24) is 0 Å². The van der Waals surface area contributed by atoms with Gasteiger partial charge in [-0.25, -0.2) is 0 Å². The molecule has 1 aromatic carbocycles. The molecule has 80 valence electrons. The summed E-state index contributed by atoms with van der Waals surface area (Å²) >= 11 is 7.62. The highest BCUT2D eigenvalue weighted by molar-refractivity contribution is 7.99. The predicted octanol–water partition coefficient (Wildman–Crippen LogP) is 3.81. The first-order valence-corrected chi connectivity index (χ1v) is 9.61. The molecule has 3 heteroatoms. The van der Waals surface area contributed by atoms with Gasteiger partial charge in [-0.2, -0.15) is 0 Å². The molecular weight excluding hydrogens is 240 g/mol. The maximum Gasteiger partial charge on any atom is 0.146 e. The van der Waals surface area contributed by atoms with Crippen molar-refractivity contribution in [3.05, 3.63) is 30.3 Å². The topological polar surface area (TPSA) is 0 Å². The lowest BCUT2D eigenvalue weighted by atomic mass is 10.4. The zero-order chi connectivity index (χ0) is 11.1. The van der Waals surface area contributed by atoms with Gasteiger partial charge in [0.05, 0.1) is 5.75 Å². The summed E-state index contributed by atoms with van der Waals surface area (Å²) in [6.45, 7) is 4.39. The van der Waals surface area contributed by atoms with E-state index in [2.05, 4.69) is 36.7 Å². The Bertz CT molecular complexity index is 351. The predicted molar refractivity (Wildman–Crippen MR) is 73.1 cm³/mol. The Kier molecular flexibility index (Phi) is 5.31. The molecule has 0 fully saturated rings. The number of hydrogen-bond donors (Lipinski definition) is 0. The third-order valence-corrected chi connectivity index (χ3v) is 6.24. The summed E-state index contributed by atoms with van der Waals surface area (Å²) in [4.78, 5) is 1.28. The highest BCUT2D eigenvalue weighted by Gasteiger charge is 2.14. The summed E-state index contributed by atoms with van der Waals surface area (Å²) < 4.78 is 0. The summed E-state index contributed by atoms with van der Waals surface area (Å²) in [5.41, 5.74) is 4.03. The summed E-state index contributed by atoms with van der Waals surface area (Å²) in [6, 6.07) is 10.3. The number of hydrogen-bond acceptors (Lipinski definition) is 1. The van der Waals surface area contributed by atoms with Crippen LogP contribution in [0.2, 0.25) is 13.1 Å². The Hall–Kier alpha value is -0.363. The second-order valence-electron chi connectivity index (χ2n) is 3.92. The third-order valence-electron chi connectivity index (χ3n) is 1.82. The van der Waals surface area contributed by atoms with Crippen molar-refractivity contribution in [2.45, 2.75) is 18.0 Å². The molecule has 0 aliphatic rings. The number of thioether (sulfide) groups is 1. The van der Waals surface area contributed by atoms with Crippen LogP contribution >= 0.6 is 23.4 Å². The molecule has 1 aromatic rings. The van der Waals surface area contributed by atoms with Gasteiger partial charge in [-0.3, -0.25) is 0 Å². The fourth-order valence-electron chi connectivity index (χ4n) is 0.945. The van der Waals surface area contributed by atoms with Crippen molar-refractivity contribution in [3.8, 4) is 11.5 Å². The molecule has 15 heavy (non-hydrogen) atoms. The van der Waals surface area contributed by atoms with E-state index in [1.807, 2.05) is 18.2 Å². The molecule has 0 heterocycles. The van der Waals surface area contributed by atoms with Crippen molar-refractivity contribution in [2.75, 3.05) is 11.3 Å². The summed E-state index contributed by atoms with van der Waals surface area (Å²) in [5.74, 6) is 4.07. The fraction of sp³-hybridized carbons (Fsp3) is 0.333. The number of alkyl halides is 1. The molecule has 0 amide bonds. The average Bonchev–Trinajstić information content (AvgIpc) is 2.26. The Balaban J connectivity index is 2.40. The van der Waals surface area contributed by atoms with E-state index >= 15 is 0 Å². The molecule has 0 saturated carbocycles. The van der Waals surface area contributed by atoms with E-state index in [1.165, 1.54) is 4.90 Å². The zero-order valence-corrected chi connectivity index (χ0v) is 11.7. The maximum absolute atomic E-state index is 5.84. The number of rotatable bonds is 3. The number of halogens is 1. The summed E-state index contributed by atoms with van der Waals surface area (Å²) in [6.07, 6.45) is 0. The lowest BCUT2D eigenvalue weighted by Crippen LogP contribution is -2.26. The molecule has 0 nitrogen and oxygen atoms in total. The minimum atomic E-state index is -1.42. The molecule has 0 saturated heterocycles. The van der Waals surface area contributed by atoms with Crippen LogP contribution in [0.15, 0.2) is 35.2 Å². The van der Waals surface area contributed by atoms with E-state index in [0.717, 1.165) is 11.3 Å². The third kappa shape index (κ3) is 5.32. The molecule has 0 atom stereocenters. The molecule has 0 aliphatic carbocycles. The first kappa shape index (κ1) is 12.7. The molecule has 0 unspecified atom stereocenters. The van der Waals surface area contributed by atoms with Gasteiger partial charge in [-0.05, 0) is 12.1 Å². The smallest absolute Gasteiger partial charge is 0.130 e. The van der Waals surface area contributed by atoms with Crippen molar-refractivity contribution >= 4 is 31.4 Å². The zero-order valence-electron chi connectivity index (χ0n) is 9.09. The minimum Gasteiger partial charge on any atom is -0.130 e. The summed E-state index contributed by atoms with van der Waals surface area (Å²) in [5, 5.41) is 0. The molecule has 0 radical (unpaired) electrons. The van der Waals surface area contributed by atoms with Crippen LogP contribution in [0.3, 0.4) is 0 Å². The molecular formula is C12H15ClSSi. The van der Waals surface area contributed by atoms with Crippen molar-refractivity contribution in [2.24, 2.45) is 0 Å². The lowest BCUT2D eigenvalue weighted by molar-refractivity contribution is 1.46. The van der Waals surface area contributed by atoms with Crippen LogP contribution in [0.4, 0.5) is 0 Å². The normalized spacial score (nSPS) is 10.6. The lowest BCUT2D eigenvalue weighted by Gasteiger charge is -2.07. The highest BCUT2D eigenvalue weighted by Crippen LogP contribution is 2.15.